The zero-order valence-electron chi connectivity index (χ0n) is 11.9. The van der Waals surface area contributed by atoms with Crippen LogP contribution in [0.3, 0.4) is 0 Å². The third-order valence-electron chi connectivity index (χ3n) is 1.98. The molecule has 5 heteroatoms. The molecule has 2 heterocycles. The lowest BCUT2D eigenvalue weighted by atomic mass is 10.00. The summed E-state index contributed by atoms with van der Waals surface area (Å²) in [7, 11) is 0. The fourth-order valence-corrected chi connectivity index (χ4v) is 1.10. The first kappa shape index (κ1) is 15.6. The molecular formula is C15H19N3O2. The van der Waals surface area contributed by atoms with E-state index in [4.69, 9.17) is 4.74 Å². The van der Waals surface area contributed by atoms with Crippen LogP contribution in [0.4, 0.5) is 0 Å². The second-order valence-electron chi connectivity index (χ2n) is 5.07. The highest BCUT2D eigenvalue weighted by molar-refractivity contribution is 5.57. The fraction of sp³-hybridized carbons (Fsp3) is 0.267. The number of ether oxygens (including phenoxy) is 1. The number of pyridine rings is 2. The Labute approximate surface area is 119 Å². The Morgan fingerprint density at radius 1 is 1.00 bits per heavy atom. The van der Waals surface area contributed by atoms with Gasteiger partial charge in [-0.25, -0.2) is 15.1 Å². The Hall–Kier alpha value is -2.43. The minimum Gasteiger partial charge on any atom is -0.626 e. The third-order valence-corrected chi connectivity index (χ3v) is 1.98. The van der Waals surface area contributed by atoms with E-state index in [2.05, 4.69) is 9.97 Å². The zero-order chi connectivity index (χ0) is 14.8. The summed E-state index contributed by atoms with van der Waals surface area (Å²) in [4.78, 5) is 8.02. The predicted molar refractivity (Wildman–Crippen MR) is 78.4 cm³/mol. The van der Waals surface area contributed by atoms with E-state index in [9.17, 15) is 5.21 Å². The van der Waals surface area contributed by atoms with Gasteiger partial charge >= 0.3 is 0 Å². The molecule has 0 aliphatic heterocycles. The molecule has 5 nitrogen and oxygen atoms in total. The molecule has 0 fully saturated rings. The molecule has 2 aromatic rings. The smallest absolute Gasteiger partial charge is 0.221 e. The van der Waals surface area contributed by atoms with Gasteiger partial charge < -0.3 is 9.94 Å². The highest BCUT2D eigenvalue weighted by Gasteiger charge is 2.07. The van der Waals surface area contributed by atoms with Gasteiger partial charge in [0.25, 0.3) is 0 Å². The molecule has 0 aliphatic carbocycles. The van der Waals surface area contributed by atoms with Gasteiger partial charge in [0.1, 0.15) is 0 Å². The van der Waals surface area contributed by atoms with Crippen molar-refractivity contribution in [3.05, 3.63) is 54.0 Å². The normalized spacial score (nSPS) is 10.8. The number of hydrogen-bond donors (Lipinski definition) is 1. The van der Waals surface area contributed by atoms with Crippen molar-refractivity contribution in [1.29, 1.82) is 0 Å². The average Bonchev–Trinajstić information content (AvgIpc) is 2.40. The Bertz CT molecular complexity index is 470. The van der Waals surface area contributed by atoms with Crippen LogP contribution in [-0.2, 0) is 0 Å². The molecule has 0 unspecified atom stereocenters. The molecule has 2 aromatic heterocycles. The minimum atomic E-state index is 0.00174. The Kier molecular flexibility index (Phi) is 6.16. The van der Waals surface area contributed by atoms with Crippen LogP contribution in [0.5, 0.6) is 11.8 Å². The highest BCUT2D eigenvalue weighted by Crippen LogP contribution is 2.14. The van der Waals surface area contributed by atoms with Crippen LogP contribution in [-0.4, -0.2) is 16.2 Å². The lowest BCUT2D eigenvalue weighted by molar-refractivity contribution is -0.371. The maximum atomic E-state index is 9.64. The van der Waals surface area contributed by atoms with Crippen molar-refractivity contribution >= 4 is 6.21 Å². The molecule has 0 radical (unpaired) electrons. The SMILES string of the molecule is CC(C)(C)C=[NH+][O-].c1ccc(Oc2ccccn2)nc1. The number of aromatic nitrogens is 2. The molecule has 0 saturated carbocycles. The molecule has 0 aromatic carbocycles. The van der Waals surface area contributed by atoms with E-state index in [1.54, 1.807) is 29.7 Å². The molecule has 1 N–H and O–H groups in total. The molecule has 0 amide bonds. The first-order valence-electron chi connectivity index (χ1n) is 6.23. The van der Waals surface area contributed by atoms with Gasteiger partial charge in [0.05, 0.1) is 0 Å². The van der Waals surface area contributed by atoms with Crippen molar-refractivity contribution < 1.29 is 9.89 Å². The second-order valence-corrected chi connectivity index (χ2v) is 5.07. The van der Waals surface area contributed by atoms with Crippen molar-refractivity contribution in [3.8, 4) is 11.8 Å². The summed E-state index contributed by atoms with van der Waals surface area (Å²) in [6.07, 6.45) is 4.86. The summed E-state index contributed by atoms with van der Waals surface area (Å²) >= 11 is 0. The quantitative estimate of drug-likeness (QED) is 0.515. The molecule has 0 aliphatic rings. The second kappa shape index (κ2) is 7.89. The molecule has 0 bridgehead atoms. The van der Waals surface area contributed by atoms with Crippen molar-refractivity contribution in [3.63, 3.8) is 0 Å². The predicted octanol–water partition coefficient (Wildman–Crippen LogP) is 1.95. The van der Waals surface area contributed by atoms with Gasteiger partial charge in [0.2, 0.25) is 11.8 Å². The molecular weight excluding hydrogens is 254 g/mol. The summed E-state index contributed by atoms with van der Waals surface area (Å²) in [5.41, 5.74) is 0.00174. The summed E-state index contributed by atoms with van der Waals surface area (Å²) in [5.74, 6) is 1.11. The van der Waals surface area contributed by atoms with E-state index in [0.29, 0.717) is 11.8 Å². The molecule has 0 spiro atoms. The zero-order valence-corrected chi connectivity index (χ0v) is 11.9. The van der Waals surface area contributed by atoms with Gasteiger partial charge in [-0.2, -0.15) is 0 Å². The van der Waals surface area contributed by atoms with Gasteiger partial charge in [-0.3, -0.25) is 0 Å². The van der Waals surface area contributed by atoms with Crippen molar-refractivity contribution in [2.75, 3.05) is 0 Å². The Balaban J connectivity index is 0.000000246. The molecule has 0 atom stereocenters. The Morgan fingerprint density at radius 3 is 1.75 bits per heavy atom. The van der Waals surface area contributed by atoms with Crippen LogP contribution in [0.1, 0.15) is 20.8 Å². The molecule has 106 valence electrons. The van der Waals surface area contributed by atoms with Crippen molar-refractivity contribution in [2.24, 2.45) is 5.41 Å². The number of rotatable bonds is 2. The standard InChI is InChI=1S/C10H8N2O.C5H11NO/c1-3-7-11-9(5-1)13-10-6-2-4-8-12-10;1-5(2,3)4-6-7/h1-8H;4,6H,1-3H3. The van der Waals surface area contributed by atoms with Gasteiger partial charge in [-0.15, -0.1) is 0 Å². The number of nitrogens with one attached hydrogen (secondary N) is 1. The first-order chi connectivity index (χ1) is 9.51. The lowest BCUT2D eigenvalue weighted by Crippen LogP contribution is -2.62. The maximum absolute atomic E-state index is 9.64. The van der Waals surface area contributed by atoms with E-state index in [1.165, 1.54) is 6.21 Å². The fourth-order valence-electron chi connectivity index (χ4n) is 1.10. The summed E-state index contributed by atoms with van der Waals surface area (Å²) in [5, 5.41) is 11.4. The topological polar surface area (TPSA) is 72.0 Å². The third kappa shape index (κ3) is 7.10. The van der Waals surface area contributed by atoms with Gasteiger partial charge in [-0.05, 0) is 12.1 Å². The van der Waals surface area contributed by atoms with Gasteiger partial charge in [0.15, 0.2) is 6.21 Å². The van der Waals surface area contributed by atoms with Crippen LogP contribution in [0.15, 0.2) is 48.8 Å². The van der Waals surface area contributed by atoms with Crippen LogP contribution in [0, 0.1) is 10.6 Å². The van der Waals surface area contributed by atoms with Crippen molar-refractivity contribution in [1.82, 2.24) is 9.97 Å². The van der Waals surface area contributed by atoms with Crippen molar-refractivity contribution in [2.45, 2.75) is 20.8 Å². The maximum Gasteiger partial charge on any atom is 0.221 e. The molecule has 20 heavy (non-hydrogen) atoms. The van der Waals surface area contributed by atoms with Crippen LogP contribution in [0.2, 0.25) is 0 Å². The summed E-state index contributed by atoms with van der Waals surface area (Å²) < 4.78 is 5.36. The summed E-state index contributed by atoms with van der Waals surface area (Å²) in [6, 6.07) is 11.0. The lowest BCUT2D eigenvalue weighted by Gasteiger charge is -2.04. The highest BCUT2D eigenvalue weighted by atomic mass is 16.5. The summed E-state index contributed by atoms with van der Waals surface area (Å²) in [6.45, 7) is 5.87. The number of hydrogen-bond acceptors (Lipinski definition) is 4. The van der Waals surface area contributed by atoms with E-state index in [0.717, 1.165) is 0 Å². The minimum absolute atomic E-state index is 0.00174. The van der Waals surface area contributed by atoms with E-state index in [-0.39, 0.29) is 5.41 Å². The largest absolute Gasteiger partial charge is 0.626 e. The Morgan fingerprint density at radius 2 is 1.50 bits per heavy atom. The van der Waals surface area contributed by atoms with E-state index in [1.807, 2.05) is 45.0 Å². The van der Waals surface area contributed by atoms with Gasteiger partial charge in [-0.1, -0.05) is 32.9 Å². The molecule has 0 saturated heterocycles. The first-order valence-corrected chi connectivity index (χ1v) is 6.23. The molecule has 2 rings (SSSR count). The average molecular weight is 273 g/mol. The van der Waals surface area contributed by atoms with Crippen LogP contribution < -0.4 is 9.89 Å². The van der Waals surface area contributed by atoms with E-state index >= 15 is 0 Å². The number of nitrogens with zero attached hydrogens (tertiary/aromatic N) is 2. The van der Waals surface area contributed by atoms with Crippen LogP contribution in [0.25, 0.3) is 0 Å². The van der Waals surface area contributed by atoms with Gasteiger partial charge in [0, 0.05) is 29.9 Å². The van der Waals surface area contributed by atoms with Crippen LogP contribution >= 0.6 is 0 Å². The monoisotopic (exact) mass is 273 g/mol. The van der Waals surface area contributed by atoms with E-state index < -0.39 is 0 Å².